The maximum absolute atomic E-state index is 12.9. The number of rotatable bonds is 7. The van der Waals surface area contributed by atoms with Gasteiger partial charge in [-0.3, -0.25) is 4.79 Å². The molecule has 0 aliphatic rings. The Balaban J connectivity index is 2.29. The Labute approximate surface area is 148 Å². The number of carbonyl (C=O) groups is 2. The number of aliphatic carboxylic acids is 1. The standard InChI is InChI=1S/C21H21NO3/c1-3-14-22(20(23)18-12-10-16(4-2)11-13-18)19(21(24)25)15-17-8-6-5-7-9-17/h2,5-13,19H,3,14-15H2,1H3,(H,24,25)/t19-/m0/s1. The molecule has 0 saturated carbocycles. The van der Waals surface area contributed by atoms with Crippen molar-refractivity contribution in [2.24, 2.45) is 0 Å². The van der Waals surface area contributed by atoms with E-state index in [0.29, 0.717) is 24.1 Å². The molecule has 25 heavy (non-hydrogen) atoms. The second-order valence-electron chi connectivity index (χ2n) is 5.76. The molecule has 0 heterocycles. The zero-order valence-corrected chi connectivity index (χ0v) is 14.2. The van der Waals surface area contributed by atoms with Crippen molar-refractivity contribution in [3.63, 3.8) is 0 Å². The fourth-order valence-electron chi connectivity index (χ4n) is 2.68. The predicted octanol–water partition coefficient (Wildman–Crippen LogP) is 3.22. The lowest BCUT2D eigenvalue weighted by molar-refractivity contribution is -0.142. The summed E-state index contributed by atoms with van der Waals surface area (Å²) in [6.45, 7) is 2.29. The minimum absolute atomic E-state index is 0.268. The fraction of sp³-hybridized carbons (Fsp3) is 0.238. The minimum Gasteiger partial charge on any atom is -0.480 e. The normalized spacial score (nSPS) is 11.4. The molecule has 1 N–H and O–H groups in total. The Hall–Kier alpha value is -3.06. The molecule has 0 aliphatic heterocycles. The summed E-state index contributed by atoms with van der Waals surface area (Å²) in [5.74, 6) is 1.20. The van der Waals surface area contributed by atoms with Crippen LogP contribution in [-0.4, -0.2) is 34.5 Å². The smallest absolute Gasteiger partial charge is 0.326 e. The molecule has 2 aromatic rings. The first-order valence-electron chi connectivity index (χ1n) is 8.21. The van der Waals surface area contributed by atoms with Crippen LogP contribution in [0.2, 0.25) is 0 Å². The molecule has 128 valence electrons. The predicted molar refractivity (Wildman–Crippen MR) is 97.3 cm³/mol. The molecule has 1 amide bonds. The van der Waals surface area contributed by atoms with Crippen LogP contribution in [0.4, 0.5) is 0 Å². The summed E-state index contributed by atoms with van der Waals surface area (Å²) in [6.07, 6.45) is 6.28. The lowest BCUT2D eigenvalue weighted by Gasteiger charge is -2.29. The zero-order chi connectivity index (χ0) is 18.2. The van der Waals surface area contributed by atoms with Gasteiger partial charge in [0.05, 0.1) is 0 Å². The summed E-state index contributed by atoms with van der Waals surface area (Å²) in [4.78, 5) is 26.1. The number of hydrogen-bond acceptors (Lipinski definition) is 2. The molecule has 1 atom stereocenters. The van der Waals surface area contributed by atoms with Crippen LogP contribution in [0.25, 0.3) is 0 Å². The fourth-order valence-corrected chi connectivity index (χ4v) is 2.68. The molecule has 0 fully saturated rings. The van der Waals surface area contributed by atoms with E-state index in [9.17, 15) is 14.7 Å². The van der Waals surface area contributed by atoms with Gasteiger partial charge in [-0.15, -0.1) is 6.42 Å². The van der Waals surface area contributed by atoms with Crippen molar-refractivity contribution >= 4 is 11.9 Å². The van der Waals surface area contributed by atoms with Crippen molar-refractivity contribution in [1.82, 2.24) is 4.90 Å². The van der Waals surface area contributed by atoms with E-state index in [1.165, 1.54) is 4.90 Å². The number of carbonyl (C=O) groups excluding carboxylic acids is 1. The summed E-state index contributed by atoms with van der Waals surface area (Å²) in [7, 11) is 0. The Kier molecular flexibility index (Phi) is 6.36. The average Bonchev–Trinajstić information content (AvgIpc) is 2.64. The van der Waals surface area contributed by atoms with Crippen LogP contribution in [0.15, 0.2) is 54.6 Å². The molecular formula is C21H21NO3. The van der Waals surface area contributed by atoms with Crippen LogP contribution < -0.4 is 0 Å². The van der Waals surface area contributed by atoms with Crippen LogP contribution in [0.5, 0.6) is 0 Å². The Morgan fingerprint density at radius 2 is 1.76 bits per heavy atom. The highest BCUT2D eigenvalue weighted by molar-refractivity contribution is 5.96. The lowest BCUT2D eigenvalue weighted by Crippen LogP contribution is -2.46. The number of terminal acetylenes is 1. The maximum Gasteiger partial charge on any atom is 0.326 e. The van der Waals surface area contributed by atoms with Crippen LogP contribution >= 0.6 is 0 Å². The first-order chi connectivity index (χ1) is 12.1. The second kappa shape index (κ2) is 8.70. The van der Waals surface area contributed by atoms with E-state index in [1.54, 1.807) is 24.3 Å². The highest BCUT2D eigenvalue weighted by Gasteiger charge is 2.29. The Bertz CT molecular complexity index is 760. The molecule has 2 aromatic carbocycles. The van der Waals surface area contributed by atoms with Gasteiger partial charge in [0.15, 0.2) is 0 Å². The maximum atomic E-state index is 12.9. The zero-order valence-electron chi connectivity index (χ0n) is 14.2. The van der Waals surface area contributed by atoms with E-state index in [-0.39, 0.29) is 12.3 Å². The van der Waals surface area contributed by atoms with Crippen LogP contribution in [0.3, 0.4) is 0 Å². The molecule has 0 radical (unpaired) electrons. The van der Waals surface area contributed by atoms with Crippen molar-refractivity contribution in [3.05, 3.63) is 71.3 Å². The number of amides is 1. The quantitative estimate of drug-likeness (QED) is 0.791. The molecule has 2 rings (SSSR count). The SMILES string of the molecule is C#Cc1ccc(C(=O)N(CCC)[C@@H](Cc2ccccc2)C(=O)O)cc1. The highest BCUT2D eigenvalue weighted by Crippen LogP contribution is 2.15. The summed E-state index contributed by atoms with van der Waals surface area (Å²) >= 11 is 0. The number of carboxylic acids is 1. The Morgan fingerprint density at radius 1 is 1.12 bits per heavy atom. The molecular weight excluding hydrogens is 314 g/mol. The number of carboxylic acid groups (broad SMARTS) is 1. The van der Waals surface area contributed by atoms with E-state index in [1.807, 2.05) is 37.3 Å². The molecule has 0 saturated heterocycles. The van der Waals surface area contributed by atoms with Crippen molar-refractivity contribution in [1.29, 1.82) is 0 Å². The molecule has 4 nitrogen and oxygen atoms in total. The van der Waals surface area contributed by atoms with Gasteiger partial charge in [-0.1, -0.05) is 43.2 Å². The van der Waals surface area contributed by atoms with Gasteiger partial charge in [-0.2, -0.15) is 0 Å². The molecule has 0 bridgehead atoms. The average molecular weight is 335 g/mol. The van der Waals surface area contributed by atoms with E-state index < -0.39 is 12.0 Å². The van der Waals surface area contributed by atoms with Gasteiger partial charge in [0.1, 0.15) is 6.04 Å². The largest absolute Gasteiger partial charge is 0.480 e. The van der Waals surface area contributed by atoms with Crippen molar-refractivity contribution in [3.8, 4) is 12.3 Å². The summed E-state index contributed by atoms with van der Waals surface area (Å²) in [5, 5.41) is 9.69. The van der Waals surface area contributed by atoms with E-state index in [0.717, 1.165) is 5.56 Å². The van der Waals surface area contributed by atoms with Gasteiger partial charge in [0.2, 0.25) is 0 Å². The minimum atomic E-state index is -1.01. The van der Waals surface area contributed by atoms with Gasteiger partial charge in [0, 0.05) is 24.1 Å². The van der Waals surface area contributed by atoms with E-state index >= 15 is 0 Å². The van der Waals surface area contributed by atoms with Crippen LogP contribution in [0.1, 0.15) is 34.8 Å². The van der Waals surface area contributed by atoms with Gasteiger partial charge >= 0.3 is 5.97 Å². The van der Waals surface area contributed by atoms with E-state index in [4.69, 9.17) is 6.42 Å². The first-order valence-corrected chi connectivity index (χ1v) is 8.21. The molecule has 0 aromatic heterocycles. The van der Waals surface area contributed by atoms with Crippen LogP contribution in [0, 0.1) is 12.3 Å². The number of benzene rings is 2. The third-order valence-corrected chi connectivity index (χ3v) is 3.96. The van der Waals surface area contributed by atoms with Gasteiger partial charge in [0.25, 0.3) is 5.91 Å². The lowest BCUT2D eigenvalue weighted by atomic mass is 10.0. The third-order valence-electron chi connectivity index (χ3n) is 3.96. The first kappa shape index (κ1) is 18.3. The molecule has 4 heteroatoms. The molecule has 0 aliphatic carbocycles. The second-order valence-corrected chi connectivity index (χ2v) is 5.76. The number of nitrogens with zero attached hydrogens (tertiary/aromatic N) is 1. The van der Waals surface area contributed by atoms with Crippen molar-refractivity contribution in [2.45, 2.75) is 25.8 Å². The third kappa shape index (κ3) is 4.71. The van der Waals surface area contributed by atoms with Crippen molar-refractivity contribution in [2.75, 3.05) is 6.54 Å². The van der Waals surface area contributed by atoms with E-state index in [2.05, 4.69) is 5.92 Å². The van der Waals surface area contributed by atoms with Gasteiger partial charge < -0.3 is 10.0 Å². The highest BCUT2D eigenvalue weighted by atomic mass is 16.4. The number of hydrogen-bond donors (Lipinski definition) is 1. The summed E-state index contributed by atoms with van der Waals surface area (Å²) in [5.41, 5.74) is 2.00. The monoisotopic (exact) mass is 335 g/mol. The van der Waals surface area contributed by atoms with Gasteiger partial charge in [-0.05, 0) is 36.2 Å². The molecule has 0 unspecified atom stereocenters. The van der Waals surface area contributed by atoms with Crippen molar-refractivity contribution < 1.29 is 14.7 Å². The summed E-state index contributed by atoms with van der Waals surface area (Å²) < 4.78 is 0. The van der Waals surface area contributed by atoms with Crippen LogP contribution in [-0.2, 0) is 11.2 Å². The Morgan fingerprint density at radius 3 is 2.28 bits per heavy atom. The summed E-state index contributed by atoms with van der Waals surface area (Å²) in [6, 6.07) is 15.1. The van der Waals surface area contributed by atoms with Gasteiger partial charge in [-0.25, -0.2) is 4.79 Å². The topological polar surface area (TPSA) is 57.6 Å². The molecule has 0 spiro atoms.